The topological polar surface area (TPSA) is 82.5 Å². The predicted octanol–water partition coefficient (Wildman–Crippen LogP) is 2.11. The van der Waals surface area contributed by atoms with E-state index in [2.05, 4.69) is 10.3 Å². The first-order valence-electron chi connectivity index (χ1n) is 8.26. The van der Waals surface area contributed by atoms with Crippen molar-refractivity contribution in [1.29, 1.82) is 0 Å². The molecule has 0 bridgehead atoms. The average molecular weight is 351 g/mol. The summed E-state index contributed by atoms with van der Waals surface area (Å²) < 4.78 is 12.3. The molecule has 1 aliphatic rings. The number of rotatable bonds is 3. The van der Waals surface area contributed by atoms with E-state index in [9.17, 15) is 9.59 Å². The van der Waals surface area contributed by atoms with E-state index in [1.165, 1.54) is 10.9 Å². The maximum absolute atomic E-state index is 12.6. The molecule has 2 aromatic carbocycles. The molecule has 0 saturated carbocycles. The highest BCUT2D eigenvalue weighted by atomic mass is 16.6. The van der Waals surface area contributed by atoms with E-state index in [1.54, 1.807) is 30.3 Å². The molecule has 0 aliphatic carbocycles. The number of hydrogen-bond donors (Lipinski definition) is 1. The quantitative estimate of drug-likeness (QED) is 0.781. The van der Waals surface area contributed by atoms with E-state index < -0.39 is 0 Å². The lowest BCUT2D eigenvalue weighted by Crippen LogP contribution is -2.28. The van der Waals surface area contributed by atoms with Crippen LogP contribution in [-0.2, 0) is 11.3 Å². The molecular weight excluding hydrogens is 334 g/mol. The molecule has 7 heteroatoms. The van der Waals surface area contributed by atoms with Gasteiger partial charge in [0.25, 0.3) is 5.56 Å². The Labute approximate surface area is 149 Å². The first-order chi connectivity index (χ1) is 12.6. The van der Waals surface area contributed by atoms with Gasteiger partial charge in [-0.1, -0.05) is 12.1 Å². The van der Waals surface area contributed by atoms with Crippen LogP contribution in [0.5, 0.6) is 11.5 Å². The van der Waals surface area contributed by atoms with Gasteiger partial charge in [0.2, 0.25) is 5.91 Å². The van der Waals surface area contributed by atoms with Crippen LogP contribution in [0.15, 0.2) is 47.5 Å². The molecule has 1 aromatic heterocycles. The first kappa shape index (κ1) is 16.1. The van der Waals surface area contributed by atoms with Gasteiger partial charge in [-0.15, -0.1) is 0 Å². The lowest BCUT2D eigenvalue weighted by molar-refractivity contribution is -0.116. The molecule has 1 amide bonds. The zero-order valence-electron chi connectivity index (χ0n) is 14.2. The van der Waals surface area contributed by atoms with Gasteiger partial charge in [-0.3, -0.25) is 14.2 Å². The molecule has 0 atom stereocenters. The Hall–Kier alpha value is -3.35. The van der Waals surface area contributed by atoms with Gasteiger partial charge in [-0.25, -0.2) is 4.98 Å². The minimum atomic E-state index is -0.322. The fraction of sp³-hybridized carbons (Fsp3) is 0.211. The zero-order chi connectivity index (χ0) is 18.1. The zero-order valence-corrected chi connectivity index (χ0v) is 14.2. The Balaban J connectivity index is 1.54. The summed E-state index contributed by atoms with van der Waals surface area (Å²) >= 11 is 0. The molecule has 0 fully saturated rings. The number of fused-ring (bicyclic) bond motifs is 2. The molecule has 0 radical (unpaired) electrons. The molecule has 1 aliphatic heterocycles. The standard InChI is InChI=1S/C19H17N3O4/c1-12-3-2-4-14-18(12)20-11-22(19(14)24)10-17(23)21-13-5-6-15-16(9-13)26-8-7-25-15/h2-6,9,11H,7-8,10H2,1H3,(H,21,23). The Kier molecular flexibility index (Phi) is 4.04. The van der Waals surface area contributed by atoms with Crippen molar-refractivity contribution in [2.24, 2.45) is 0 Å². The highest BCUT2D eigenvalue weighted by Crippen LogP contribution is 2.32. The summed E-state index contributed by atoms with van der Waals surface area (Å²) in [6, 6.07) is 10.6. The number of amides is 1. The fourth-order valence-corrected chi connectivity index (χ4v) is 2.93. The van der Waals surface area contributed by atoms with E-state index in [1.807, 2.05) is 13.0 Å². The number of carbonyl (C=O) groups excluding carboxylic acids is 1. The van der Waals surface area contributed by atoms with Gasteiger partial charge in [0.15, 0.2) is 11.5 Å². The van der Waals surface area contributed by atoms with Crippen molar-refractivity contribution in [3.8, 4) is 11.5 Å². The molecule has 2 heterocycles. The van der Waals surface area contributed by atoms with E-state index in [-0.39, 0.29) is 18.0 Å². The van der Waals surface area contributed by atoms with Crippen molar-refractivity contribution in [2.45, 2.75) is 13.5 Å². The minimum absolute atomic E-state index is 0.121. The van der Waals surface area contributed by atoms with Gasteiger partial charge in [0, 0.05) is 11.8 Å². The summed E-state index contributed by atoms with van der Waals surface area (Å²) in [4.78, 5) is 29.2. The number of aromatic nitrogens is 2. The Morgan fingerprint density at radius 3 is 2.85 bits per heavy atom. The summed E-state index contributed by atoms with van der Waals surface area (Å²) in [7, 11) is 0. The van der Waals surface area contributed by atoms with Crippen molar-refractivity contribution in [1.82, 2.24) is 9.55 Å². The van der Waals surface area contributed by atoms with Crippen LogP contribution in [0.3, 0.4) is 0 Å². The van der Waals surface area contributed by atoms with Gasteiger partial charge in [0.1, 0.15) is 19.8 Å². The summed E-state index contributed by atoms with van der Waals surface area (Å²) in [5, 5.41) is 3.26. The van der Waals surface area contributed by atoms with Gasteiger partial charge < -0.3 is 14.8 Å². The number of nitrogens with one attached hydrogen (secondary N) is 1. The van der Waals surface area contributed by atoms with Crippen LogP contribution in [0.25, 0.3) is 10.9 Å². The summed E-state index contributed by atoms with van der Waals surface area (Å²) in [6.45, 7) is 2.76. The maximum atomic E-state index is 12.6. The van der Waals surface area contributed by atoms with E-state index in [0.29, 0.717) is 41.3 Å². The molecule has 3 aromatic rings. The van der Waals surface area contributed by atoms with Crippen LogP contribution in [0.2, 0.25) is 0 Å². The van der Waals surface area contributed by atoms with Crippen molar-refractivity contribution >= 4 is 22.5 Å². The molecule has 26 heavy (non-hydrogen) atoms. The van der Waals surface area contributed by atoms with Gasteiger partial charge in [-0.05, 0) is 30.7 Å². The molecule has 0 spiro atoms. The largest absolute Gasteiger partial charge is 0.486 e. The number of benzene rings is 2. The summed E-state index contributed by atoms with van der Waals surface area (Å²) in [6.07, 6.45) is 1.40. The SMILES string of the molecule is Cc1cccc2c(=O)n(CC(=O)Nc3ccc4c(c3)OCCO4)cnc12. The number of nitrogens with zero attached hydrogens (tertiary/aromatic N) is 2. The first-order valence-corrected chi connectivity index (χ1v) is 8.26. The third-order valence-corrected chi connectivity index (χ3v) is 4.20. The second-order valence-electron chi connectivity index (χ2n) is 6.06. The molecule has 0 saturated heterocycles. The normalized spacial score (nSPS) is 12.8. The average Bonchev–Trinajstić information content (AvgIpc) is 2.64. The molecule has 0 unspecified atom stereocenters. The monoisotopic (exact) mass is 351 g/mol. The van der Waals surface area contributed by atoms with E-state index >= 15 is 0 Å². The summed E-state index contributed by atoms with van der Waals surface area (Å²) in [5.41, 5.74) is 1.92. The molecular formula is C19H17N3O4. The van der Waals surface area contributed by atoms with Crippen molar-refractivity contribution in [3.63, 3.8) is 0 Å². The number of anilines is 1. The van der Waals surface area contributed by atoms with Crippen LogP contribution in [-0.4, -0.2) is 28.7 Å². The fourth-order valence-electron chi connectivity index (χ4n) is 2.93. The van der Waals surface area contributed by atoms with Crippen LogP contribution in [0.1, 0.15) is 5.56 Å². The van der Waals surface area contributed by atoms with E-state index in [0.717, 1.165) is 5.56 Å². The highest BCUT2D eigenvalue weighted by molar-refractivity contribution is 5.91. The number of para-hydroxylation sites is 1. The summed E-state index contributed by atoms with van der Waals surface area (Å²) in [5.74, 6) is 0.922. The predicted molar refractivity (Wildman–Crippen MR) is 96.8 cm³/mol. The minimum Gasteiger partial charge on any atom is -0.486 e. The molecule has 132 valence electrons. The lowest BCUT2D eigenvalue weighted by Gasteiger charge is -2.19. The van der Waals surface area contributed by atoms with Crippen LogP contribution in [0.4, 0.5) is 5.69 Å². The second-order valence-corrected chi connectivity index (χ2v) is 6.06. The molecule has 7 nitrogen and oxygen atoms in total. The highest BCUT2D eigenvalue weighted by Gasteiger charge is 2.14. The van der Waals surface area contributed by atoms with Crippen LogP contribution >= 0.6 is 0 Å². The molecule has 4 rings (SSSR count). The van der Waals surface area contributed by atoms with Gasteiger partial charge >= 0.3 is 0 Å². The van der Waals surface area contributed by atoms with Crippen molar-refractivity contribution in [2.75, 3.05) is 18.5 Å². The number of aryl methyl sites for hydroxylation is 1. The molecule has 1 N–H and O–H groups in total. The number of ether oxygens (including phenoxy) is 2. The Bertz CT molecular complexity index is 1060. The van der Waals surface area contributed by atoms with E-state index in [4.69, 9.17) is 9.47 Å². The maximum Gasteiger partial charge on any atom is 0.261 e. The Morgan fingerprint density at radius 1 is 1.19 bits per heavy atom. The smallest absolute Gasteiger partial charge is 0.261 e. The van der Waals surface area contributed by atoms with Crippen LogP contribution in [0, 0.1) is 6.92 Å². The van der Waals surface area contributed by atoms with Crippen LogP contribution < -0.4 is 20.3 Å². The van der Waals surface area contributed by atoms with Crippen molar-refractivity contribution < 1.29 is 14.3 Å². The number of hydrogen-bond acceptors (Lipinski definition) is 5. The van der Waals surface area contributed by atoms with Crippen molar-refractivity contribution in [3.05, 3.63) is 58.6 Å². The third kappa shape index (κ3) is 2.99. The Morgan fingerprint density at radius 2 is 2.00 bits per heavy atom. The number of carbonyl (C=O) groups is 1. The second kappa shape index (κ2) is 6.51. The van der Waals surface area contributed by atoms with Gasteiger partial charge in [0.05, 0.1) is 17.2 Å². The lowest BCUT2D eigenvalue weighted by atomic mass is 10.1. The van der Waals surface area contributed by atoms with Gasteiger partial charge in [-0.2, -0.15) is 0 Å². The third-order valence-electron chi connectivity index (χ3n) is 4.20.